The number of ether oxygens (including phenoxy) is 1. The maximum absolute atomic E-state index is 13.2. The average molecular weight is 483 g/mol. The number of aromatic nitrogens is 3. The zero-order chi connectivity index (χ0) is 24.6. The molecule has 0 unspecified atom stereocenters. The second kappa shape index (κ2) is 8.91. The number of benzene rings is 1. The number of alkyl halides is 3. The summed E-state index contributed by atoms with van der Waals surface area (Å²) in [4.78, 5) is 23.5. The number of fused-ring (bicyclic) bond motifs is 1. The Morgan fingerprint density at radius 3 is 2.54 bits per heavy atom. The topological polar surface area (TPSA) is 92.5 Å². The van der Waals surface area contributed by atoms with Crippen LogP contribution in [0.25, 0.3) is 10.9 Å². The number of aliphatic hydroxyl groups is 1. The van der Waals surface area contributed by atoms with Crippen LogP contribution in [0.5, 0.6) is 5.75 Å². The highest BCUT2D eigenvalue weighted by molar-refractivity contribution is 6.06. The van der Waals surface area contributed by atoms with E-state index in [-0.39, 0.29) is 24.3 Å². The second-order valence-electron chi connectivity index (χ2n) is 8.16. The van der Waals surface area contributed by atoms with Crippen LogP contribution in [-0.4, -0.2) is 51.1 Å². The third kappa shape index (κ3) is 5.04. The molecule has 0 bridgehead atoms. The molecule has 4 heterocycles. The smallest absolute Gasteiger partial charge is 0.406 e. The van der Waals surface area contributed by atoms with Gasteiger partial charge in [0.15, 0.2) is 0 Å². The lowest BCUT2D eigenvalue weighted by molar-refractivity contribution is -0.274. The molecular formula is C24H20F3N5O3. The molecule has 1 aliphatic rings. The number of hydrogen-bond donors (Lipinski definition) is 2. The normalized spacial score (nSPS) is 14.1. The molecular weight excluding hydrogens is 463 g/mol. The molecule has 0 saturated carbocycles. The van der Waals surface area contributed by atoms with Crippen molar-refractivity contribution in [1.29, 1.82) is 0 Å². The van der Waals surface area contributed by atoms with Crippen LogP contribution >= 0.6 is 0 Å². The number of halogens is 3. The molecule has 3 aromatic heterocycles. The molecule has 0 radical (unpaired) electrons. The molecule has 1 aromatic carbocycles. The molecule has 11 heteroatoms. The van der Waals surface area contributed by atoms with Gasteiger partial charge >= 0.3 is 6.36 Å². The van der Waals surface area contributed by atoms with Crippen molar-refractivity contribution < 1.29 is 27.8 Å². The summed E-state index contributed by atoms with van der Waals surface area (Å²) in [5, 5.41) is 13.0. The first-order valence-electron chi connectivity index (χ1n) is 10.7. The third-order valence-electron chi connectivity index (χ3n) is 5.62. The van der Waals surface area contributed by atoms with E-state index in [1.165, 1.54) is 24.3 Å². The molecule has 5 rings (SSSR count). The van der Waals surface area contributed by atoms with Crippen molar-refractivity contribution in [2.75, 3.05) is 23.3 Å². The van der Waals surface area contributed by atoms with Crippen molar-refractivity contribution in [2.45, 2.75) is 19.0 Å². The molecule has 2 N–H and O–H groups in total. The van der Waals surface area contributed by atoms with Gasteiger partial charge in [0, 0.05) is 37.4 Å². The van der Waals surface area contributed by atoms with Crippen LogP contribution in [0.15, 0.2) is 67.1 Å². The van der Waals surface area contributed by atoms with Gasteiger partial charge in [-0.1, -0.05) is 12.1 Å². The standard InChI is InChI=1S/C24H20F3N5O3/c25-24(26,27)35-19-4-1-15(2-5-19)12-32-20-7-8-28-10-16(20)9-21(32)23(34)30-17-3-6-22(29-11-17)31-13-18(33)14-31/h1-11,18,33H,12-14H2,(H,30,34). The highest BCUT2D eigenvalue weighted by atomic mass is 19.4. The predicted molar refractivity (Wildman–Crippen MR) is 122 cm³/mol. The van der Waals surface area contributed by atoms with Crippen LogP contribution in [0.3, 0.4) is 0 Å². The van der Waals surface area contributed by atoms with Gasteiger partial charge in [-0.05, 0) is 42.0 Å². The van der Waals surface area contributed by atoms with Gasteiger partial charge in [-0.15, -0.1) is 13.2 Å². The lowest BCUT2D eigenvalue weighted by atomic mass is 10.2. The Balaban J connectivity index is 1.37. The summed E-state index contributed by atoms with van der Waals surface area (Å²) in [5.41, 5.74) is 2.30. The van der Waals surface area contributed by atoms with Crippen LogP contribution in [-0.2, 0) is 6.54 Å². The number of aliphatic hydroxyl groups excluding tert-OH is 1. The highest BCUT2D eigenvalue weighted by Crippen LogP contribution is 2.26. The van der Waals surface area contributed by atoms with Crippen molar-refractivity contribution in [3.05, 3.63) is 78.4 Å². The molecule has 0 spiro atoms. The number of β-amino-alcohol motifs (C(OH)–C–C–N with tert-alkyl or cyclic N) is 1. The molecule has 1 fully saturated rings. The monoisotopic (exact) mass is 483 g/mol. The van der Waals surface area contributed by atoms with Crippen molar-refractivity contribution >= 4 is 28.3 Å². The molecule has 8 nitrogen and oxygen atoms in total. The minimum absolute atomic E-state index is 0.247. The number of nitrogens with zero attached hydrogens (tertiary/aromatic N) is 4. The Bertz CT molecular complexity index is 1350. The third-order valence-corrected chi connectivity index (χ3v) is 5.62. The summed E-state index contributed by atoms with van der Waals surface area (Å²) in [6, 6.07) is 12.5. The molecule has 1 saturated heterocycles. The summed E-state index contributed by atoms with van der Waals surface area (Å²) in [6.45, 7) is 1.29. The SMILES string of the molecule is O=C(Nc1ccc(N2CC(O)C2)nc1)c1cc2cnccc2n1Cc1ccc(OC(F)(F)F)cc1. The van der Waals surface area contributed by atoms with Crippen molar-refractivity contribution in [3.8, 4) is 5.75 Å². The van der Waals surface area contributed by atoms with E-state index in [0.717, 1.165) is 10.9 Å². The minimum Gasteiger partial charge on any atom is -0.406 e. The van der Waals surface area contributed by atoms with E-state index in [9.17, 15) is 23.1 Å². The molecule has 1 aliphatic heterocycles. The Hall–Kier alpha value is -4.12. The fourth-order valence-electron chi connectivity index (χ4n) is 3.93. The van der Waals surface area contributed by atoms with E-state index in [1.54, 1.807) is 47.4 Å². The predicted octanol–water partition coefficient (Wildman–Crippen LogP) is 3.81. The number of carbonyl (C=O) groups excluding carboxylic acids is 1. The van der Waals surface area contributed by atoms with Gasteiger partial charge in [-0.2, -0.15) is 0 Å². The van der Waals surface area contributed by atoms with Crippen LogP contribution in [0.4, 0.5) is 24.7 Å². The van der Waals surface area contributed by atoms with Gasteiger partial charge in [0.25, 0.3) is 5.91 Å². The first-order valence-corrected chi connectivity index (χ1v) is 10.7. The van der Waals surface area contributed by atoms with Gasteiger partial charge in [0.05, 0.1) is 23.5 Å². The summed E-state index contributed by atoms with van der Waals surface area (Å²) < 4.78 is 43.0. The van der Waals surface area contributed by atoms with Gasteiger partial charge in [0.1, 0.15) is 17.3 Å². The fraction of sp³-hybridized carbons (Fsp3) is 0.208. The number of nitrogens with one attached hydrogen (secondary N) is 1. The number of rotatable bonds is 6. The first-order chi connectivity index (χ1) is 16.7. The van der Waals surface area contributed by atoms with Gasteiger partial charge in [-0.25, -0.2) is 4.98 Å². The number of pyridine rings is 2. The highest BCUT2D eigenvalue weighted by Gasteiger charge is 2.31. The Morgan fingerprint density at radius 1 is 1.11 bits per heavy atom. The maximum atomic E-state index is 13.2. The van der Waals surface area contributed by atoms with Gasteiger partial charge in [-0.3, -0.25) is 9.78 Å². The number of carbonyl (C=O) groups is 1. The Morgan fingerprint density at radius 2 is 1.89 bits per heavy atom. The Kier molecular flexibility index (Phi) is 5.77. The van der Waals surface area contributed by atoms with E-state index < -0.39 is 6.36 Å². The first kappa shape index (κ1) is 22.7. The minimum atomic E-state index is -4.76. The lowest BCUT2D eigenvalue weighted by Crippen LogP contribution is -2.51. The second-order valence-corrected chi connectivity index (χ2v) is 8.16. The molecule has 4 aromatic rings. The fourth-order valence-corrected chi connectivity index (χ4v) is 3.93. The summed E-state index contributed by atoms with van der Waals surface area (Å²) in [5.74, 6) is 0.0306. The summed E-state index contributed by atoms with van der Waals surface area (Å²) >= 11 is 0. The molecule has 180 valence electrons. The van der Waals surface area contributed by atoms with Crippen molar-refractivity contribution in [3.63, 3.8) is 0 Å². The molecule has 0 aliphatic carbocycles. The number of hydrogen-bond acceptors (Lipinski definition) is 6. The summed E-state index contributed by atoms with van der Waals surface area (Å²) in [6.07, 6.45) is -0.316. The zero-order valence-electron chi connectivity index (χ0n) is 18.2. The van der Waals surface area contributed by atoms with E-state index >= 15 is 0 Å². The number of amides is 1. The van der Waals surface area contributed by atoms with Crippen LogP contribution < -0.4 is 15.0 Å². The number of anilines is 2. The Labute approximate surface area is 197 Å². The maximum Gasteiger partial charge on any atom is 0.573 e. The zero-order valence-corrected chi connectivity index (χ0v) is 18.2. The quantitative estimate of drug-likeness (QED) is 0.433. The summed E-state index contributed by atoms with van der Waals surface area (Å²) in [7, 11) is 0. The van der Waals surface area contributed by atoms with Crippen molar-refractivity contribution in [1.82, 2.24) is 14.5 Å². The van der Waals surface area contributed by atoms with E-state index in [4.69, 9.17) is 0 Å². The molecule has 0 atom stereocenters. The lowest BCUT2D eigenvalue weighted by Gasteiger charge is -2.36. The van der Waals surface area contributed by atoms with Crippen LogP contribution in [0, 0.1) is 0 Å². The largest absolute Gasteiger partial charge is 0.573 e. The molecule has 1 amide bonds. The molecule has 35 heavy (non-hydrogen) atoms. The van der Waals surface area contributed by atoms with E-state index in [1.807, 2.05) is 4.90 Å². The van der Waals surface area contributed by atoms with E-state index in [0.29, 0.717) is 35.9 Å². The van der Waals surface area contributed by atoms with E-state index in [2.05, 4.69) is 20.0 Å². The average Bonchev–Trinajstić information content (AvgIpc) is 3.16. The van der Waals surface area contributed by atoms with Crippen LogP contribution in [0.1, 0.15) is 16.1 Å². The van der Waals surface area contributed by atoms with Gasteiger partial charge < -0.3 is 24.6 Å². The van der Waals surface area contributed by atoms with Gasteiger partial charge in [0.2, 0.25) is 0 Å². The van der Waals surface area contributed by atoms with Crippen LogP contribution in [0.2, 0.25) is 0 Å². The van der Waals surface area contributed by atoms with Crippen molar-refractivity contribution in [2.24, 2.45) is 0 Å².